The van der Waals surface area contributed by atoms with Crippen LogP contribution < -0.4 is 0 Å². The third-order valence-corrected chi connectivity index (χ3v) is 3.37. The van der Waals surface area contributed by atoms with Gasteiger partial charge in [0, 0.05) is 24.1 Å². The van der Waals surface area contributed by atoms with E-state index in [1.165, 1.54) is 0 Å². The number of ether oxygens (including phenoxy) is 1. The number of aromatic nitrogens is 2. The van der Waals surface area contributed by atoms with E-state index in [1.54, 1.807) is 0 Å². The molecular formula is C12H17ClN2O. The van der Waals surface area contributed by atoms with Crippen molar-refractivity contribution in [3.05, 3.63) is 23.3 Å². The molecule has 2 atom stereocenters. The minimum Gasteiger partial charge on any atom is -0.367 e. The predicted octanol–water partition coefficient (Wildman–Crippen LogP) is 3.11. The number of halogens is 1. The third kappa shape index (κ3) is 2.06. The summed E-state index contributed by atoms with van der Waals surface area (Å²) in [6, 6.07) is 0. The Labute approximate surface area is 101 Å². The molecule has 1 fully saturated rings. The number of hydrogen-bond acceptors (Lipinski definition) is 3. The molecule has 2 rings (SSSR count). The van der Waals surface area contributed by atoms with Crippen molar-refractivity contribution in [3.63, 3.8) is 0 Å². The molecule has 1 saturated heterocycles. The normalized spacial score (nSPS) is 27.0. The summed E-state index contributed by atoms with van der Waals surface area (Å²) in [5.74, 6) is 0.781. The minimum absolute atomic E-state index is 0.0497. The molecule has 0 spiro atoms. The van der Waals surface area contributed by atoms with E-state index in [4.69, 9.17) is 16.3 Å². The zero-order valence-electron chi connectivity index (χ0n) is 9.96. The van der Waals surface area contributed by atoms with Crippen molar-refractivity contribution < 1.29 is 4.74 Å². The second kappa shape index (κ2) is 4.30. The fourth-order valence-corrected chi connectivity index (χ4v) is 2.29. The molecular weight excluding hydrogens is 224 g/mol. The van der Waals surface area contributed by atoms with Gasteiger partial charge in [-0.05, 0) is 33.6 Å². The topological polar surface area (TPSA) is 35.0 Å². The SMILES string of the molecule is Cc1nc(C2(C)CCCO2)ncc1C(C)Cl. The van der Waals surface area contributed by atoms with Gasteiger partial charge in [-0.15, -0.1) is 11.6 Å². The summed E-state index contributed by atoms with van der Waals surface area (Å²) in [6.07, 6.45) is 3.89. The van der Waals surface area contributed by atoms with Gasteiger partial charge in [-0.25, -0.2) is 9.97 Å². The molecule has 0 bridgehead atoms. The molecule has 1 aromatic rings. The van der Waals surface area contributed by atoms with E-state index < -0.39 is 0 Å². The van der Waals surface area contributed by atoms with E-state index in [0.29, 0.717) is 0 Å². The van der Waals surface area contributed by atoms with E-state index in [2.05, 4.69) is 16.9 Å². The molecule has 16 heavy (non-hydrogen) atoms. The molecule has 0 saturated carbocycles. The first kappa shape index (κ1) is 11.8. The molecule has 0 radical (unpaired) electrons. The van der Waals surface area contributed by atoms with Gasteiger partial charge in [-0.2, -0.15) is 0 Å². The Balaban J connectivity index is 2.34. The van der Waals surface area contributed by atoms with Crippen LogP contribution in [0, 0.1) is 6.92 Å². The summed E-state index contributed by atoms with van der Waals surface area (Å²) in [7, 11) is 0. The lowest BCUT2D eigenvalue weighted by molar-refractivity contribution is 0.00915. The number of rotatable bonds is 2. The van der Waals surface area contributed by atoms with Crippen molar-refractivity contribution in [1.29, 1.82) is 0 Å². The Morgan fingerprint density at radius 1 is 1.56 bits per heavy atom. The first-order valence-corrected chi connectivity index (χ1v) is 6.08. The van der Waals surface area contributed by atoms with Gasteiger partial charge in [0.2, 0.25) is 0 Å². The lowest BCUT2D eigenvalue weighted by Crippen LogP contribution is -2.24. The first-order valence-electron chi connectivity index (χ1n) is 5.65. The molecule has 3 nitrogen and oxygen atoms in total. The predicted molar refractivity (Wildman–Crippen MR) is 63.6 cm³/mol. The molecule has 0 amide bonds. The van der Waals surface area contributed by atoms with Crippen LogP contribution in [0.5, 0.6) is 0 Å². The summed E-state index contributed by atoms with van der Waals surface area (Å²) in [5.41, 5.74) is 1.63. The molecule has 1 aliphatic heterocycles. The van der Waals surface area contributed by atoms with Crippen LogP contribution in [0.15, 0.2) is 6.20 Å². The second-order valence-electron chi connectivity index (χ2n) is 4.53. The van der Waals surface area contributed by atoms with Crippen LogP contribution in [-0.4, -0.2) is 16.6 Å². The van der Waals surface area contributed by atoms with Crippen LogP contribution in [0.25, 0.3) is 0 Å². The Bertz CT molecular complexity index is 387. The average Bonchev–Trinajstić information content (AvgIpc) is 2.66. The highest BCUT2D eigenvalue weighted by Crippen LogP contribution is 2.34. The third-order valence-electron chi connectivity index (χ3n) is 3.14. The summed E-state index contributed by atoms with van der Waals surface area (Å²) in [6.45, 7) is 6.75. The van der Waals surface area contributed by atoms with E-state index in [0.717, 1.165) is 36.5 Å². The molecule has 88 valence electrons. The minimum atomic E-state index is -0.307. The lowest BCUT2D eigenvalue weighted by Gasteiger charge is -2.22. The smallest absolute Gasteiger partial charge is 0.160 e. The highest BCUT2D eigenvalue weighted by atomic mass is 35.5. The van der Waals surface area contributed by atoms with Crippen molar-refractivity contribution in [2.45, 2.75) is 44.6 Å². The maximum Gasteiger partial charge on any atom is 0.160 e. The Morgan fingerprint density at radius 2 is 2.31 bits per heavy atom. The van der Waals surface area contributed by atoms with Gasteiger partial charge in [-0.3, -0.25) is 0 Å². The molecule has 4 heteroatoms. The van der Waals surface area contributed by atoms with Gasteiger partial charge in [0.1, 0.15) is 5.60 Å². The maximum atomic E-state index is 6.04. The fourth-order valence-electron chi connectivity index (χ4n) is 2.08. The zero-order chi connectivity index (χ0) is 11.8. The van der Waals surface area contributed by atoms with E-state index >= 15 is 0 Å². The quantitative estimate of drug-likeness (QED) is 0.745. The average molecular weight is 241 g/mol. The first-order chi connectivity index (χ1) is 7.53. The van der Waals surface area contributed by atoms with Crippen LogP contribution >= 0.6 is 11.6 Å². The summed E-state index contributed by atoms with van der Waals surface area (Å²) in [4.78, 5) is 8.92. The Hall–Kier alpha value is -0.670. The molecule has 0 aliphatic carbocycles. The monoisotopic (exact) mass is 240 g/mol. The van der Waals surface area contributed by atoms with Gasteiger partial charge >= 0.3 is 0 Å². The van der Waals surface area contributed by atoms with Gasteiger partial charge in [0.25, 0.3) is 0 Å². The van der Waals surface area contributed by atoms with E-state index in [-0.39, 0.29) is 11.0 Å². The van der Waals surface area contributed by atoms with E-state index in [1.807, 2.05) is 20.0 Å². The number of aryl methyl sites for hydroxylation is 1. The van der Waals surface area contributed by atoms with Gasteiger partial charge in [0.15, 0.2) is 5.82 Å². The van der Waals surface area contributed by atoms with Crippen LogP contribution in [0.4, 0.5) is 0 Å². The molecule has 0 N–H and O–H groups in total. The Morgan fingerprint density at radius 3 is 2.81 bits per heavy atom. The molecule has 1 aromatic heterocycles. The summed E-state index contributed by atoms with van der Waals surface area (Å²) >= 11 is 6.04. The zero-order valence-corrected chi connectivity index (χ0v) is 10.7. The van der Waals surface area contributed by atoms with Gasteiger partial charge < -0.3 is 4.74 Å². The maximum absolute atomic E-state index is 6.04. The number of alkyl halides is 1. The molecule has 2 heterocycles. The van der Waals surface area contributed by atoms with Crippen molar-refractivity contribution >= 4 is 11.6 Å². The molecule has 2 unspecified atom stereocenters. The highest BCUT2D eigenvalue weighted by Gasteiger charge is 2.34. The van der Waals surface area contributed by atoms with Crippen molar-refractivity contribution in [2.24, 2.45) is 0 Å². The lowest BCUT2D eigenvalue weighted by atomic mass is 10.0. The largest absolute Gasteiger partial charge is 0.367 e. The Kier molecular flexibility index (Phi) is 3.17. The van der Waals surface area contributed by atoms with Gasteiger partial charge in [-0.1, -0.05) is 0 Å². The van der Waals surface area contributed by atoms with Crippen molar-refractivity contribution in [1.82, 2.24) is 9.97 Å². The standard InChI is InChI=1S/C12H17ClN2O/c1-8(13)10-7-14-11(15-9(10)2)12(3)5-4-6-16-12/h7-8H,4-6H2,1-3H3. The van der Waals surface area contributed by atoms with Crippen LogP contribution in [0.2, 0.25) is 0 Å². The van der Waals surface area contributed by atoms with Crippen molar-refractivity contribution in [3.8, 4) is 0 Å². The summed E-state index contributed by atoms with van der Waals surface area (Å²) < 4.78 is 5.72. The van der Waals surface area contributed by atoms with Crippen molar-refractivity contribution in [2.75, 3.05) is 6.61 Å². The van der Waals surface area contributed by atoms with Gasteiger partial charge in [0.05, 0.1) is 5.38 Å². The molecule has 1 aliphatic rings. The van der Waals surface area contributed by atoms with Crippen LogP contribution in [0.3, 0.4) is 0 Å². The molecule has 0 aromatic carbocycles. The number of hydrogen-bond donors (Lipinski definition) is 0. The highest BCUT2D eigenvalue weighted by molar-refractivity contribution is 6.20. The van der Waals surface area contributed by atoms with E-state index in [9.17, 15) is 0 Å². The summed E-state index contributed by atoms with van der Waals surface area (Å²) in [5, 5.41) is -0.0497. The fraction of sp³-hybridized carbons (Fsp3) is 0.667. The van der Waals surface area contributed by atoms with Crippen LogP contribution in [-0.2, 0) is 10.3 Å². The number of nitrogens with zero attached hydrogens (tertiary/aromatic N) is 2. The second-order valence-corrected chi connectivity index (χ2v) is 5.19. The van der Waals surface area contributed by atoms with Crippen LogP contribution in [0.1, 0.15) is 49.1 Å².